The summed E-state index contributed by atoms with van der Waals surface area (Å²) in [6, 6.07) is 0. The minimum absolute atomic E-state index is 0.0774. The highest BCUT2D eigenvalue weighted by Crippen LogP contribution is 2.23. The molecule has 0 aromatic heterocycles. The van der Waals surface area contributed by atoms with Crippen molar-refractivity contribution in [2.24, 2.45) is 0 Å². The summed E-state index contributed by atoms with van der Waals surface area (Å²) in [6.45, 7) is 4.30. The van der Waals surface area contributed by atoms with Gasteiger partial charge in [0.15, 0.2) is 0 Å². The highest BCUT2D eigenvalue weighted by atomic mass is 16.7. The Bertz CT molecular complexity index is 132. The third-order valence-electron chi connectivity index (χ3n) is 2.24. The van der Waals surface area contributed by atoms with E-state index in [1.54, 1.807) is 7.11 Å². The molecule has 0 aromatic rings. The van der Waals surface area contributed by atoms with Crippen LogP contribution in [0.2, 0.25) is 0 Å². The van der Waals surface area contributed by atoms with Crippen LogP contribution in [0.3, 0.4) is 0 Å². The third kappa shape index (κ3) is 4.04. The molecule has 1 saturated heterocycles. The van der Waals surface area contributed by atoms with E-state index in [9.17, 15) is 0 Å². The van der Waals surface area contributed by atoms with Gasteiger partial charge in [0, 0.05) is 7.11 Å². The van der Waals surface area contributed by atoms with Crippen LogP contribution in [-0.4, -0.2) is 39.5 Å². The number of rotatable bonds is 5. The molecule has 1 unspecified atom stereocenters. The summed E-state index contributed by atoms with van der Waals surface area (Å²) in [5.41, 5.74) is -0.0774. The summed E-state index contributed by atoms with van der Waals surface area (Å²) < 4.78 is 20.6. The van der Waals surface area contributed by atoms with Gasteiger partial charge >= 0.3 is 0 Å². The van der Waals surface area contributed by atoms with Gasteiger partial charge < -0.3 is 18.9 Å². The van der Waals surface area contributed by atoms with Gasteiger partial charge in [0.1, 0.15) is 13.6 Å². The van der Waals surface area contributed by atoms with Crippen LogP contribution in [-0.2, 0) is 18.9 Å². The van der Waals surface area contributed by atoms with Crippen LogP contribution in [0, 0.1) is 0 Å². The molecule has 1 rings (SSSR count). The molecular weight excluding hydrogens is 172 g/mol. The second kappa shape index (κ2) is 5.54. The standard InChI is InChI=1S/C9H18O4/c1-9(3-5-11-7-10-2)4-6-12-8-13-9/h3-8H2,1-2H3. The Balaban J connectivity index is 2.10. The second-order valence-electron chi connectivity index (χ2n) is 3.44. The summed E-state index contributed by atoms with van der Waals surface area (Å²) in [7, 11) is 1.62. The van der Waals surface area contributed by atoms with Gasteiger partial charge in [-0.3, -0.25) is 0 Å². The molecule has 1 heterocycles. The lowest BCUT2D eigenvalue weighted by molar-refractivity contribution is -0.194. The average molecular weight is 190 g/mol. The lowest BCUT2D eigenvalue weighted by Crippen LogP contribution is -2.37. The maximum Gasteiger partial charge on any atom is 0.147 e. The Morgan fingerprint density at radius 1 is 1.46 bits per heavy atom. The zero-order valence-electron chi connectivity index (χ0n) is 8.38. The highest BCUT2D eigenvalue weighted by molar-refractivity contribution is 4.76. The summed E-state index contributed by atoms with van der Waals surface area (Å²) in [6.07, 6.45) is 1.82. The minimum Gasteiger partial charge on any atom is -0.359 e. The van der Waals surface area contributed by atoms with E-state index in [4.69, 9.17) is 18.9 Å². The zero-order valence-corrected chi connectivity index (χ0v) is 8.38. The Kier molecular flexibility index (Phi) is 4.66. The molecule has 1 atom stereocenters. The number of hydrogen-bond donors (Lipinski definition) is 0. The average Bonchev–Trinajstić information content (AvgIpc) is 2.14. The van der Waals surface area contributed by atoms with Gasteiger partial charge in [0.05, 0.1) is 18.8 Å². The fraction of sp³-hybridized carbons (Fsp3) is 1.00. The van der Waals surface area contributed by atoms with E-state index in [0.29, 0.717) is 20.2 Å². The van der Waals surface area contributed by atoms with E-state index in [2.05, 4.69) is 6.92 Å². The Morgan fingerprint density at radius 3 is 2.92 bits per heavy atom. The van der Waals surface area contributed by atoms with Gasteiger partial charge in [-0.15, -0.1) is 0 Å². The fourth-order valence-corrected chi connectivity index (χ4v) is 1.23. The third-order valence-corrected chi connectivity index (χ3v) is 2.24. The maximum absolute atomic E-state index is 5.50. The fourth-order valence-electron chi connectivity index (χ4n) is 1.23. The lowest BCUT2D eigenvalue weighted by Gasteiger charge is -2.33. The molecule has 13 heavy (non-hydrogen) atoms. The zero-order chi connectivity index (χ0) is 9.57. The highest BCUT2D eigenvalue weighted by Gasteiger charge is 2.27. The first-order valence-electron chi connectivity index (χ1n) is 4.55. The van der Waals surface area contributed by atoms with Gasteiger partial charge in [-0.05, 0) is 19.8 Å². The molecule has 0 radical (unpaired) electrons. The molecule has 4 nitrogen and oxygen atoms in total. The molecule has 1 fully saturated rings. The molecule has 0 aliphatic carbocycles. The van der Waals surface area contributed by atoms with Gasteiger partial charge in [-0.25, -0.2) is 0 Å². The second-order valence-corrected chi connectivity index (χ2v) is 3.44. The molecule has 0 saturated carbocycles. The topological polar surface area (TPSA) is 36.9 Å². The Labute approximate surface area is 79.1 Å². The molecule has 78 valence electrons. The van der Waals surface area contributed by atoms with Gasteiger partial charge in [0.2, 0.25) is 0 Å². The maximum atomic E-state index is 5.50. The van der Waals surface area contributed by atoms with Crippen molar-refractivity contribution in [1.82, 2.24) is 0 Å². The van der Waals surface area contributed by atoms with Crippen molar-refractivity contribution >= 4 is 0 Å². The molecule has 0 bridgehead atoms. The molecule has 1 aliphatic heterocycles. The molecule has 1 aliphatic rings. The SMILES string of the molecule is COCOCCC1(C)CCOCO1. The van der Waals surface area contributed by atoms with Crippen molar-refractivity contribution in [1.29, 1.82) is 0 Å². The molecule has 0 N–H and O–H groups in total. The quantitative estimate of drug-likeness (QED) is 0.481. The molecule has 0 spiro atoms. The summed E-state index contributed by atoms with van der Waals surface area (Å²) in [5, 5.41) is 0. The van der Waals surface area contributed by atoms with E-state index in [-0.39, 0.29) is 5.60 Å². The van der Waals surface area contributed by atoms with Crippen LogP contribution >= 0.6 is 0 Å². The summed E-state index contributed by atoms with van der Waals surface area (Å²) >= 11 is 0. The molecular formula is C9H18O4. The normalized spacial score (nSPS) is 29.1. The van der Waals surface area contributed by atoms with Gasteiger partial charge in [-0.1, -0.05) is 0 Å². The predicted octanol–water partition coefficient (Wildman–Crippen LogP) is 1.15. The van der Waals surface area contributed by atoms with Crippen molar-refractivity contribution < 1.29 is 18.9 Å². The van der Waals surface area contributed by atoms with Crippen LogP contribution in [0.15, 0.2) is 0 Å². The Morgan fingerprint density at radius 2 is 2.31 bits per heavy atom. The first-order chi connectivity index (χ1) is 6.27. The van der Waals surface area contributed by atoms with Crippen LogP contribution in [0.1, 0.15) is 19.8 Å². The van der Waals surface area contributed by atoms with Gasteiger partial charge in [-0.2, -0.15) is 0 Å². The largest absolute Gasteiger partial charge is 0.359 e. The van der Waals surface area contributed by atoms with E-state index in [0.717, 1.165) is 19.4 Å². The van der Waals surface area contributed by atoms with E-state index in [1.807, 2.05) is 0 Å². The first-order valence-corrected chi connectivity index (χ1v) is 4.55. The smallest absolute Gasteiger partial charge is 0.147 e. The van der Waals surface area contributed by atoms with Gasteiger partial charge in [0.25, 0.3) is 0 Å². The van der Waals surface area contributed by atoms with Crippen LogP contribution in [0.5, 0.6) is 0 Å². The monoisotopic (exact) mass is 190 g/mol. The summed E-state index contributed by atoms with van der Waals surface area (Å²) in [5.74, 6) is 0. The van der Waals surface area contributed by atoms with Crippen molar-refractivity contribution in [3.05, 3.63) is 0 Å². The van der Waals surface area contributed by atoms with Crippen molar-refractivity contribution in [3.63, 3.8) is 0 Å². The minimum atomic E-state index is -0.0774. The van der Waals surface area contributed by atoms with E-state index >= 15 is 0 Å². The lowest BCUT2D eigenvalue weighted by atomic mass is 9.98. The molecule has 4 heteroatoms. The number of ether oxygens (including phenoxy) is 4. The predicted molar refractivity (Wildman–Crippen MR) is 47.4 cm³/mol. The van der Waals surface area contributed by atoms with Crippen LogP contribution in [0.4, 0.5) is 0 Å². The first kappa shape index (κ1) is 10.9. The van der Waals surface area contributed by atoms with E-state index in [1.165, 1.54) is 0 Å². The van der Waals surface area contributed by atoms with Crippen molar-refractivity contribution in [2.75, 3.05) is 33.9 Å². The van der Waals surface area contributed by atoms with Crippen molar-refractivity contribution in [3.8, 4) is 0 Å². The number of methoxy groups -OCH3 is 1. The molecule has 0 aromatic carbocycles. The summed E-state index contributed by atoms with van der Waals surface area (Å²) in [4.78, 5) is 0. The molecule has 0 amide bonds. The van der Waals surface area contributed by atoms with Crippen molar-refractivity contribution in [2.45, 2.75) is 25.4 Å². The van der Waals surface area contributed by atoms with Crippen LogP contribution < -0.4 is 0 Å². The van der Waals surface area contributed by atoms with Crippen LogP contribution in [0.25, 0.3) is 0 Å². The Hall–Kier alpha value is -0.160. The number of hydrogen-bond acceptors (Lipinski definition) is 4. The van der Waals surface area contributed by atoms with E-state index < -0.39 is 0 Å².